The second kappa shape index (κ2) is 10.1. The molecule has 1 aromatic heterocycles. The summed E-state index contributed by atoms with van der Waals surface area (Å²) in [6, 6.07) is 29.4. The van der Waals surface area contributed by atoms with E-state index < -0.39 is 0 Å². The molecule has 0 atom stereocenters. The van der Waals surface area contributed by atoms with Crippen molar-refractivity contribution < 1.29 is 4.74 Å². The molecule has 0 saturated heterocycles. The third-order valence-electron chi connectivity index (χ3n) is 5.41. The van der Waals surface area contributed by atoms with E-state index in [1.54, 1.807) is 36.5 Å². The number of para-hydroxylation sites is 1. The van der Waals surface area contributed by atoms with E-state index in [0.717, 1.165) is 11.1 Å². The topological polar surface area (TPSA) is 56.5 Å². The highest BCUT2D eigenvalue weighted by Gasteiger charge is 2.13. The summed E-state index contributed by atoms with van der Waals surface area (Å²) in [6.07, 6.45) is 1.55. The van der Waals surface area contributed by atoms with Crippen LogP contribution in [0.3, 0.4) is 0 Å². The molecule has 0 aliphatic carbocycles. The Balaban J connectivity index is 1.57. The molecule has 4 aromatic carbocycles. The summed E-state index contributed by atoms with van der Waals surface area (Å²) in [5.41, 5.74) is 2.58. The van der Waals surface area contributed by atoms with Crippen LogP contribution in [0.25, 0.3) is 22.3 Å². The Morgan fingerprint density at radius 2 is 1.63 bits per heavy atom. The van der Waals surface area contributed by atoms with Crippen LogP contribution in [-0.4, -0.2) is 15.9 Å². The first kappa shape index (κ1) is 22.8. The van der Waals surface area contributed by atoms with Gasteiger partial charge in [-0.15, -0.1) is 0 Å². The minimum absolute atomic E-state index is 0.272. The summed E-state index contributed by atoms with van der Waals surface area (Å²) < 4.78 is 7.33. The summed E-state index contributed by atoms with van der Waals surface area (Å²) in [4.78, 5) is 18.1. The van der Waals surface area contributed by atoms with Crippen LogP contribution in [0.5, 0.6) is 5.75 Å². The van der Waals surface area contributed by atoms with Gasteiger partial charge in [0.2, 0.25) is 0 Å². The van der Waals surface area contributed by atoms with Crippen LogP contribution in [0.2, 0.25) is 10.0 Å². The van der Waals surface area contributed by atoms with Crippen molar-refractivity contribution in [3.63, 3.8) is 0 Å². The maximum absolute atomic E-state index is 13.4. The molecule has 0 saturated carbocycles. The molecule has 0 radical (unpaired) electrons. The molecular formula is C28H19Cl2N3O2. The minimum atomic E-state index is -0.272. The van der Waals surface area contributed by atoms with Gasteiger partial charge in [0, 0.05) is 26.7 Å². The molecule has 7 heteroatoms. The Bertz CT molecular complexity index is 1600. The molecule has 5 aromatic rings. The van der Waals surface area contributed by atoms with Gasteiger partial charge in [-0.3, -0.25) is 4.79 Å². The SMILES string of the molecule is O=c1c2ccccc2nc(-c2ccccc2)n1N=Cc1cc(Cl)ccc1OCc1ccccc1Cl. The molecule has 5 nitrogen and oxygen atoms in total. The predicted octanol–water partition coefficient (Wildman–Crippen LogP) is 6.83. The molecule has 0 unspecified atom stereocenters. The molecular weight excluding hydrogens is 481 g/mol. The van der Waals surface area contributed by atoms with E-state index in [0.29, 0.717) is 38.1 Å². The monoisotopic (exact) mass is 499 g/mol. The Kier molecular flexibility index (Phi) is 6.62. The number of benzene rings is 4. The number of ether oxygens (including phenoxy) is 1. The zero-order valence-electron chi connectivity index (χ0n) is 18.4. The van der Waals surface area contributed by atoms with Gasteiger partial charge in [0.25, 0.3) is 5.56 Å². The van der Waals surface area contributed by atoms with Crippen molar-refractivity contribution in [2.45, 2.75) is 6.61 Å². The van der Waals surface area contributed by atoms with Gasteiger partial charge in [-0.05, 0) is 36.4 Å². The molecule has 0 amide bonds. The number of nitrogens with zero attached hydrogens (tertiary/aromatic N) is 3. The van der Waals surface area contributed by atoms with Gasteiger partial charge >= 0.3 is 0 Å². The van der Waals surface area contributed by atoms with E-state index in [9.17, 15) is 4.79 Å². The van der Waals surface area contributed by atoms with Gasteiger partial charge in [0.05, 0.1) is 17.1 Å². The van der Waals surface area contributed by atoms with E-state index in [1.165, 1.54) is 4.68 Å². The summed E-state index contributed by atoms with van der Waals surface area (Å²) in [6.45, 7) is 0.273. The average molecular weight is 500 g/mol. The van der Waals surface area contributed by atoms with Crippen LogP contribution in [0.15, 0.2) is 107 Å². The van der Waals surface area contributed by atoms with Crippen LogP contribution < -0.4 is 10.3 Å². The Morgan fingerprint density at radius 1 is 0.886 bits per heavy atom. The Labute approximate surface area is 211 Å². The molecule has 0 bridgehead atoms. The van der Waals surface area contributed by atoms with E-state index in [4.69, 9.17) is 32.9 Å². The summed E-state index contributed by atoms with van der Waals surface area (Å²) >= 11 is 12.5. The first-order chi connectivity index (χ1) is 17.1. The maximum Gasteiger partial charge on any atom is 0.282 e. The standard InChI is InChI=1S/C28H19Cl2N3O2/c29-22-14-15-26(35-18-20-10-4-6-12-24(20)30)21(16-22)17-31-33-27(19-8-2-1-3-9-19)32-25-13-7-5-11-23(25)28(33)34/h1-17H,18H2. The zero-order valence-corrected chi connectivity index (χ0v) is 19.9. The Morgan fingerprint density at radius 3 is 2.46 bits per heavy atom. The third-order valence-corrected chi connectivity index (χ3v) is 6.01. The van der Waals surface area contributed by atoms with Gasteiger partial charge in [0.1, 0.15) is 12.4 Å². The van der Waals surface area contributed by atoms with Gasteiger partial charge in [-0.2, -0.15) is 9.78 Å². The van der Waals surface area contributed by atoms with Gasteiger partial charge in [-0.25, -0.2) is 4.98 Å². The second-order valence-electron chi connectivity index (χ2n) is 7.74. The number of halogens is 2. The van der Waals surface area contributed by atoms with Crippen molar-refractivity contribution in [1.82, 2.24) is 9.66 Å². The number of fused-ring (bicyclic) bond motifs is 1. The molecule has 172 valence electrons. The normalized spacial score (nSPS) is 11.3. The van der Waals surface area contributed by atoms with Crippen LogP contribution in [-0.2, 0) is 6.61 Å². The van der Waals surface area contributed by atoms with E-state index >= 15 is 0 Å². The van der Waals surface area contributed by atoms with Crippen LogP contribution in [0, 0.1) is 0 Å². The number of hydrogen-bond donors (Lipinski definition) is 0. The van der Waals surface area contributed by atoms with Crippen molar-refractivity contribution in [2.75, 3.05) is 0 Å². The van der Waals surface area contributed by atoms with Crippen molar-refractivity contribution in [2.24, 2.45) is 5.10 Å². The summed E-state index contributed by atoms with van der Waals surface area (Å²) in [5, 5.41) is 6.15. The first-order valence-electron chi connectivity index (χ1n) is 10.9. The van der Waals surface area contributed by atoms with E-state index in [-0.39, 0.29) is 12.2 Å². The summed E-state index contributed by atoms with van der Waals surface area (Å²) in [7, 11) is 0. The fourth-order valence-corrected chi connectivity index (χ4v) is 4.02. The fourth-order valence-electron chi connectivity index (χ4n) is 3.65. The lowest BCUT2D eigenvalue weighted by atomic mass is 10.2. The highest BCUT2D eigenvalue weighted by molar-refractivity contribution is 6.31. The van der Waals surface area contributed by atoms with Crippen LogP contribution in [0.1, 0.15) is 11.1 Å². The van der Waals surface area contributed by atoms with Gasteiger partial charge in [0.15, 0.2) is 5.82 Å². The molecule has 0 spiro atoms. The molecule has 0 fully saturated rings. The van der Waals surface area contributed by atoms with Crippen molar-refractivity contribution in [3.05, 3.63) is 129 Å². The van der Waals surface area contributed by atoms with Gasteiger partial charge in [-0.1, -0.05) is 83.9 Å². The van der Waals surface area contributed by atoms with E-state index in [2.05, 4.69) is 5.10 Å². The molecule has 0 aliphatic heterocycles. The quantitative estimate of drug-likeness (QED) is 0.240. The van der Waals surface area contributed by atoms with Crippen LogP contribution >= 0.6 is 23.2 Å². The lowest BCUT2D eigenvalue weighted by molar-refractivity contribution is 0.306. The first-order valence-corrected chi connectivity index (χ1v) is 11.6. The highest BCUT2D eigenvalue weighted by atomic mass is 35.5. The van der Waals surface area contributed by atoms with Crippen molar-refractivity contribution >= 4 is 40.3 Å². The van der Waals surface area contributed by atoms with Crippen molar-refractivity contribution in [3.8, 4) is 17.1 Å². The molecule has 0 N–H and O–H groups in total. The average Bonchev–Trinajstić information content (AvgIpc) is 2.89. The zero-order chi connectivity index (χ0) is 24.2. The molecule has 35 heavy (non-hydrogen) atoms. The largest absolute Gasteiger partial charge is 0.488 e. The van der Waals surface area contributed by atoms with Crippen LogP contribution in [0.4, 0.5) is 0 Å². The number of rotatable bonds is 6. The lowest BCUT2D eigenvalue weighted by Gasteiger charge is -2.12. The maximum atomic E-state index is 13.4. The number of aromatic nitrogens is 2. The molecule has 0 aliphatic rings. The second-order valence-corrected chi connectivity index (χ2v) is 8.59. The van der Waals surface area contributed by atoms with E-state index in [1.807, 2.05) is 66.7 Å². The third kappa shape index (κ3) is 4.97. The predicted molar refractivity (Wildman–Crippen MR) is 142 cm³/mol. The Hall–Kier alpha value is -3.93. The number of hydrogen-bond acceptors (Lipinski definition) is 4. The van der Waals surface area contributed by atoms with Gasteiger partial charge < -0.3 is 4.74 Å². The highest BCUT2D eigenvalue weighted by Crippen LogP contribution is 2.25. The fraction of sp³-hybridized carbons (Fsp3) is 0.0357. The van der Waals surface area contributed by atoms with Crippen molar-refractivity contribution in [1.29, 1.82) is 0 Å². The minimum Gasteiger partial charge on any atom is -0.488 e. The summed E-state index contributed by atoms with van der Waals surface area (Å²) in [5.74, 6) is 0.993. The molecule has 1 heterocycles. The smallest absolute Gasteiger partial charge is 0.282 e. The molecule has 5 rings (SSSR count). The lowest BCUT2D eigenvalue weighted by Crippen LogP contribution is -2.20.